The van der Waals surface area contributed by atoms with Gasteiger partial charge in [-0.25, -0.2) is 8.42 Å². The van der Waals surface area contributed by atoms with Crippen molar-refractivity contribution in [1.29, 1.82) is 5.26 Å². The van der Waals surface area contributed by atoms with Gasteiger partial charge in [0.05, 0.1) is 30.3 Å². The van der Waals surface area contributed by atoms with E-state index in [1.165, 1.54) is 6.08 Å². The first kappa shape index (κ1) is 24.4. The van der Waals surface area contributed by atoms with Crippen molar-refractivity contribution in [1.82, 2.24) is 9.21 Å². The van der Waals surface area contributed by atoms with Gasteiger partial charge in [-0.1, -0.05) is 29.8 Å². The fourth-order valence-electron chi connectivity index (χ4n) is 3.01. The molecule has 0 saturated carbocycles. The molecule has 0 radical (unpaired) electrons. The zero-order chi connectivity index (χ0) is 24.2. The highest BCUT2D eigenvalue weighted by Crippen LogP contribution is 2.32. The van der Waals surface area contributed by atoms with Crippen LogP contribution in [0, 0.1) is 18.3 Å². The first-order valence-corrected chi connectivity index (χ1v) is 12.5. The highest BCUT2D eigenvalue weighted by Gasteiger charge is 2.36. The molecular formula is C22H21N3O6S2. The second kappa shape index (κ2) is 10.2. The monoisotopic (exact) mass is 487 g/mol. The largest absolute Gasteiger partial charge is 0.460 e. The molecule has 11 heteroatoms. The first-order valence-electron chi connectivity index (χ1n) is 9.84. The van der Waals surface area contributed by atoms with Gasteiger partial charge < -0.3 is 4.42 Å². The lowest BCUT2D eigenvalue weighted by molar-refractivity contribution is -0.122. The Bertz CT molecular complexity index is 1260. The number of benzene rings is 1. The van der Waals surface area contributed by atoms with E-state index >= 15 is 0 Å². The van der Waals surface area contributed by atoms with Crippen molar-refractivity contribution in [2.45, 2.75) is 19.9 Å². The summed E-state index contributed by atoms with van der Waals surface area (Å²) in [6.07, 6.45) is 2.46. The molecule has 33 heavy (non-hydrogen) atoms. The zero-order valence-electron chi connectivity index (χ0n) is 18.0. The van der Waals surface area contributed by atoms with Crippen LogP contribution in [0.1, 0.15) is 33.9 Å². The van der Waals surface area contributed by atoms with Gasteiger partial charge in [0.1, 0.15) is 11.5 Å². The maximum absolute atomic E-state index is 12.7. The number of hydrogen-bond acceptors (Lipinski definition) is 8. The normalized spacial score (nSPS) is 15.5. The molecule has 2 aromatic rings. The average molecular weight is 488 g/mol. The van der Waals surface area contributed by atoms with Gasteiger partial charge in [0.2, 0.25) is 10.0 Å². The molecule has 0 spiro atoms. The number of imide groups is 1. The molecule has 1 aliphatic heterocycles. The lowest BCUT2D eigenvalue weighted by Gasteiger charge is -2.16. The lowest BCUT2D eigenvalue weighted by Crippen LogP contribution is -2.33. The Morgan fingerprint density at radius 1 is 1.21 bits per heavy atom. The summed E-state index contributed by atoms with van der Waals surface area (Å²) in [5, 5.41) is 8.16. The number of hydrogen-bond donors (Lipinski definition) is 0. The van der Waals surface area contributed by atoms with E-state index in [0.29, 0.717) is 23.1 Å². The molecule has 1 aromatic carbocycles. The van der Waals surface area contributed by atoms with Crippen LogP contribution in [0.5, 0.6) is 0 Å². The number of furan rings is 1. The topological polar surface area (TPSA) is 129 Å². The number of carbonyl (C=O) groups excluding carboxylic acids is 3. The van der Waals surface area contributed by atoms with Crippen molar-refractivity contribution in [3.8, 4) is 6.07 Å². The Hall–Kier alpha value is -3.20. The van der Waals surface area contributed by atoms with Gasteiger partial charge in [0, 0.05) is 24.6 Å². The van der Waals surface area contributed by atoms with Crippen molar-refractivity contribution in [2.24, 2.45) is 0 Å². The van der Waals surface area contributed by atoms with Gasteiger partial charge in [0.25, 0.3) is 11.1 Å². The number of Topliss-reactive ketones (excluding diaryl/α,β-unsaturated/α-hetero) is 1. The third-order valence-electron chi connectivity index (χ3n) is 4.78. The maximum atomic E-state index is 12.7. The summed E-state index contributed by atoms with van der Waals surface area (Å²) in [6.45, 7) is 1.48. The van der Waals surface area contributed by atoms with Crippen LogP contribution in [0.3, 0.4) is 0 Å². The standard InChI is InChI=1S/C22H21N3O6S2/c1-15-4-6-16(7-5-15)19(26)14-25-21(27)20(32-22(25)28)12-17-8-9-18(31-17)13-24(11-3-10-23)33(2,29)30/h4-9,12H,3,11,13-14H2,1-2H3/b20-12-. The highest BCUT2D eigenvalue weighted by atomic mass is 32.2. The van der Waals surface area contributed by atoms with Crippen molar-refractivity contribution >= 4 is 44.8 Å². The summed E-state index contributed by atoms with van der Waals surface area (Å²) >= 11 is 0.699. The van der Waals surface area contributed by atoms with Gasteiger partial charge in [-0.05, 0) is 30.8 Å². The fourth-order valence-corrected chi connectivity index (χ4v) is 4.61. The smallest absolute Gasteiger partial charge is 0.293 e. The van der Waals surface area contributed by atoms with Gasteiger partial charge in [-0.3, -0.25) is 19.3 Å². The third kappa shape index (κ3) is 6.19. The molecule has 9 nitrogen and oxygen atoms in total. The summed E-state index contributed by atoms with van der Waals surface area (Å²) in [6, 6.07) is 11.9. The molecule has 0 atom stereocenters. The highest BCUT2D eigenvalue weighted by molar-refractivity contribution is 8.18. The third-order valence-corrected chi connectivity index (χ3v) is 6.94. The van der Waals surface area contributed by atoms with Gasteiger partial charge in [-0.15, -0.1) is 0 Å². The summed E-state index contributed by atoms with van der Waals surface area (Å²) in [7, 11) is -3.54. The van der Waals surface area contributed by atoms with Gasteiger partial charge in [-0.2, -0.15) is 9.57 Å². The molecule has 0 N–H and O–H groups in total. The fraction of sp³-hybridized carbons (Fsp3) is 0.273. The van der Waals surface area contributed by atoms with Crippen molar-refractivity contribution in [3.05, 3.63) is 64.0 Å². The molecule has 172 valence electrons. The number of nitrogens with zero attached hydrogens (tertiary/aromatic N) is 3. The molecule has 1 aromatic heterocycles. The molecule has 1 saturated heterocycles. The summed E-state index contributed by atoms with van der Waals surface area (Å²) < 4.78 is 30.5. The number of ketones is 1. The zero-order valence-corrected chi connectivity index (χ0v) is 19.6. The van der Waals surface area contributed by atoms with E-state index in [0.717, 1.165) is 21.0 Å². The second-order valence-electron chi connectivity index (χ2n) is 7.37. The number of thioether (sulfide) groups is 1. The molecule has 2 heterocycles. The van der Waals surface area contributed by atoms with Crippen molar-refractivity contribution in [3.63, 3.8) is 0 Å². The predicted molar refractivity (Wildman–Crippen MR) is 122 cm³/mol. The number of carbonyl (C=O) groups is 3. The minimum Gasteiger partial charge on any atom is -0.460 e. The van der Waals surface area contributed by atoms with Crippen LogP contribution in [-0.2, 0) is 21.4 Å². The minimum absolute atomic E-state index is 0.0271. The number of rotatable bonds is 9. The second-order valence-corrected chi connectivity index (χ2v) is 10.3. The van der Waals surface area contributed by atoms with Crippen LogP contribution < -0.4 is 0 Å². The first-order chi connectivity index (χ1) is 15.6. The lowest BCUT2D eigenvalue weighted by atomic mass is 10.1. The molecule has 0 aliphatic carbocycles. The average Bonchev–Trinajstić information content (AvgIpc) is 3.30. The number of aryl methyl sites for hydroxylation is 1. The summed E-state index contributed by atoms with van der Waals surface area (Å²) in [5.41, 5.74) is 1.40. The number of sulfonamides is 1. The van der Waals surface area contributed by atoms with E-state index in [2.05, 4.69) is 0 Å². The Balaban J connectivity index is 1.70. The minimum atomic E-state index is -3.54. The van der Waals surface area contributed by atoms with Crippen molar-refractivity contribution < 1.29 is 27.2 Å². The molecule has 3 rings (SSSR count). The maximum Gasteiger partial charge on any atom is 0.293 e. The van der Waals surface area contributed by atoms with Gasteiger partial charge >= 0.3 is 0 Å². The van der Waals surface area contributed by atoms with Crippen LogP contribution >= 0.6 is 11.8 Å². The van der Waals surface area contributed by atoms with E-state index in [4.69, 9.17) is 9.68 Å². The van der Waals surface area contributed by atoms with Crippen LogP contribution in [0.4, 0.5) is 4.79 Å². The van der Waals surface area contributed by atoms with Gasteiger partial charge in [0.15, 0.2) is 5.78 Å². The number of amides is 2. The predicted octanol–water partition coefficient (Wildman–Crippen LogP) is 3.18. The van der Waals surface area contributed by atoms with E-state index in [-0.39, 0.29) is 42.5 Å². The van der Waals surface area contributed by atoms with Crippen molar-refractivity contribution in [2.75, 3.05) is 19.3 Å². The van der Waals surface area contributed by atoms with Crippen LogP contribution in [0.2, 0.25) is 0 Å². The quantitative estimate of drug-likeness (QED) is 0.390. The SMILES string of the molecule is Cc1ccc(C(=O)CN2C(=O)S/C(=C\c3ccc(CN(CCC#N)S(C)(=O)=O)o3)C2=O)cc1. The molecular weight excluding hydrogens is 466 g/mol. The van der Waals surface area contributed by atoms with E-state index < -0.39 is 21.2 Å². The van der Waals surface area contributed by atoms with Crippen LogP contribution in [0.25, 0.3) is 6.08 Å². The summed E-state index contributed by atoms with van der Waals surface area (Å²) in [5.74, 6) is -0.375. The van der Waals surface area contributed by atoms with E-state index in [1.807, 2.05) is 13.0 Å². The Kier molecular flexibility index (Phi) is 7.53. The number of nitriles is 1. The Morgan fingerprint density at radius 3 is 2.55 bits per heavy atom. The van der Waals surface area contributed by atoms with Crippen LogP contribution in [-0.4, -0.2) is 53.9 Å². The summed E-state index contributed by atoms with van der Waals surface area (Å²) in [4.78, 5) is 38.4. The molecule has 1 aliphatic rings. The Morgan fingerprint density at radius 2 is 1.91 bits per heavy atom. The molecule has 2 amide bonds. The van der Waals surface area contributed by atoms with Crippen LogP contribution in [0.15, 0.2) is 45.7 Å². The molecule has 1 fully saturated rings. The van der Waals surface area contributed by atoms with E-state index in [1.54, 1.807) is 36.4 Å². The molecule has 0 unspecified atom stereocenters. The Labute approximate surface area is 195 Å². The van der Waals surface area contributed by atoms with E-state index in [9.17, 15) is 22.8 Å². The molecule has 0 bridgehead atoms.